The van der Waals surface area contributed by atoms with Crippen LogP contribution in [0, 0.1) is 6.92 Å². The van der Waals surface area contributed by atoms with Crippen molar-refractivity contribution in [3.63, 3.8) is 0 Å². The Morgan fingerprint density at radius 2 is 1.96 bits per heavy atom. The molecule has 0 saturated heterocycles. The predicted octanol–water partition coefficient (Wildman–Crippen LogP) is 4.32. The van der Waals surface area contributed by atoms with Crippen LogP contribution in [0.1, 0.15) is 25.4 Å². The Hall–Kier alpha value is -2.60. The molecule has 130 valence electrons. The maximum atomic E-state index is 5.68. The number of thiazole rings is 1. The Balaban J connectivity index is 2.10. The minimum atomic E-state index is 0.705. The van der Waals surface area contributed by atoms with Gasteiger partial charge in [0, 0.05) is 17.5 Å². The van der Waals surface area contributed by atoms with Gasteiger partial charge >= 0.3 is 0 Å². The fraction of sp³-hybridized carbons (Fsp3) is 0.263. The van der Waals surface area contributed by atoms with Crippen molar-refractivity contribution in [1.82, 2.24) is 4.68 Å². The van der Waals surface area contributed by atoms with Crippen LogP contribution >= 0.6 is 11.3 Å². The Kier molecular flexibility index (Phi) is 5.19. The zero-order chi connectivity index (χ0) is 17.8. The lowest BCUT2D eigenvalue weighted by Crippen LogP contribution is -2.14. The van der Waals surface area contributed by atoms with Crippen molar-refractivity contribution in [1.29, 1.82) is 0 Å². The van der Waals surface area contributed by atoms with Gasteiger partial charge in [-0.3, -0.25) is 4.99 Å². The lowest BCUT2D eigenvalue weighted by atomic mass is 10.2. The van der Waals surface area contributed by atoms with Crippen LogP contribution in [0.15, 0.2) is 56.3 Å². The maximum Gasteiger partial charge on any atom is 0.206 e. The van der Waals surface area contributed by atoms with Gasteiger partial charge in [0.15, 0.2) is 0 Å². The van der Waals surface area contributed by atoms with Gasteiger partial charge in [-0.15, -0.1) is 11.3 Å². The highest BCUT2D eigenvalue weighted by Gasteiger charge is 2.10. The Labute approximate surface area is 150 Å². The molecule has 25 heavy (non-hydrogen) atoms. The Morgan fingerprint density at radius 1 is 1.20 bits per heavy atom. The zero-order valence-corrected chi connectivity index (χ0v) is 15.6. The number of furan rings is 1. The predicted molar refractivity (Wildman–Crippen MR) is 101 cm³/mol. The van der Waals surface area contributed by atoms with Crippen LogP contribution in [-0.4, -0.2) is 24.0 Å². The summed E-state index contributed by atoms with van der Waals surface area (Å²) in [7, 11) is 1.66. The molecule has 0 atom stereocenters. The summed E-state index contributed by atoms with van der Waals surface area (Å²) >= 11 is 1.58. The molecule has 0 unspecified atom stereocenters. The Morgan fingerprint density at radius 3 is 2.56 bits per heavy atom. The molecule has 0 radical (unpaired) electrons. The number of ether oxygens (including phenoxy) is 1. The van der Waals surface area contributed by atoms with E-state index in [2.05, 4.69) is 10.4 Å². The highest BCUT2D eigenvalue weighted by atomic mass is 32.1. The molecule has 0 N–H and O–H groups in total. The molecule has 0 aliphatic carbocycles. The van der Waals surface area contributed by atoms with Gasteiger partial charge in [0.2, 0.25) is 4.80 Å². The SMILES string of the molecule is CCN=c1scc(-c2ccc(OC)cc2)n1/N=C(/C)c1ccc(C)o1. The van der Waals surface area contributed by atoms with E-state index in [1.54, 1.807) is 18.4 Å². The van der Waals surface area contributed by atoms with Crippen LogP contribution in [0.4, 0.5) is 0 Å². The number of methoxy groups -OCH3 is 1. The third-order valence-corrected chi connectivity index (χ3v) is 4.57. The van der Waals surface area contributed by atoms with Gasteiger partial charge in [-0.25, -0.2) is 4.68 Å². The average Bonchev–Trinajstić information content (AvgIpc) is 3.22. The second-order valence-electron chi connectivity index (χ2n) is 5.51. The van der Waals surface area contributed by atoms with E-state index in [1.807, 2.05) is 61.8 Å². The summed E-state index contributed by atoms with van der Waals surface area (Å²) in [5.74, 6) is 2.46. The second kappa shape index (κ2) is 7.53. The minimum Gasteiger partial charge on any atom is -0.497 e. The summed E-state index contributed by atoms with van der Waals surface area (Å²) in [6, 6.07) is 11.8. The summed E-state index contributed by atoms with van der Waals surface area (Å²) in [6.45, 7) is 6.59. The van der Waals surface area contributed by atoms with Crippen molar-refractivity contribution in [3.8, 4) is 17.0 Å². The van der Waals surface area contributed by atoms with Crippen LogP contribution in [0.2, 0.25) is 0 Å². The van der Waals surface area contributed by atoms with Crippen molar-refractivity contribution in [3.05, 3.63) is 58.1 Å². The van der Waals surface area contributed by atoms with E-state index in [0.29, 0.717) is 6.54 Å². The first-order chi connectivity index (χ1) is 12.1. The summed E-state index contributed by atoms with van der Waals surface area (Å²) in [4.78, 5) is 5.41. The number of hydrogen-bond donors (Lipinski definition) is 0. The number of aryl methyl sites for hydroxylation is 1. The summed E-state index contributed by atoms with van der Waals surface area (Å²) in [6.07, 6.45) is 0. The summed E-state index contributed by atoms with van der Waals surface area (Å²) in [5, 5.41) is 6.83. The van der Waals surface area contributed by atoms with E-state index in [1.165, 1.54) is 0 Å². The lowest BCUT2D eigenvalue weighted by molar-refractivity contribution is 0.415. The second-order valence-corrected chi connectivity index (χ2v) is 6.35. The topological polar surface area (TPSA) is 52.0 Å². The van der Waals surface area contributed by atoms with Crippen LogP contribution in [0.25, 0.3) is 11.3 Å². The molecule has 2 heterocycles. The van der Waals surface area contributed by atoms with E-state index in [4.69, 9.17) is 14.3 Å². The first-order valence-corrected chi connectivity index (χ1v) is 8.98. The third kappa shape index (κ3) is 3.74. The van der Waals surface area contributed by atoms with Gasteiger partial charge in [0.25, 0.3) is 0 Å². The summed E-state index contributed by atoms with van der Waals surface area (Å²) in [5.41, 5.74) is 2.85. The molecule has 0 bridgehead atoms. The maximum absolute atomic E-state index is 5.68. The average molecular weight is 355 g/mol. The van der Waals surface area contributed by atoms with Gasteiger partial charge in [-0.05, 0) is 57.2 Å². The van der Waals surface area contributed by atoms with Crippen molar-refractivity contribution in [2.45, 2.75) is 20.8 Å². The molecule has 0 spiro atoms. The van der Waals surface area contributed by atoms with E-state index in [-0.39, 0.29) is 0 Å². The van der Waals surface area contributed by atoms with Gasteiger partial charge in [0.1, 0.15) is 23.0 Å². The highest BCUT2D eigenvalue weighted by Crippen LogP contribution is 2.23. The normalized spacial score (nSPS) is 12.6. The van der Waals surface area contributed by atoms with Gasteiger partial charge in [-0.1, -0.05) is 0 Å². The van der Waals surface area contributed by atoms with Gasteiger partial charge < -0.3 is 9.15 Å². The number of nitrogens with zero attached hydrogens (tertiary/aromatic N) is 3. The molecule has 0 aliphatic heterocycles. The number of rotatable bonds is 5. The molecule has 6 heteroatoms. The monoisotopic (exact) mass is 355 g/mol. The van der Waals surface area contributed by atoms with Crippen molar-refractivity contribution in [2.24, 2.45) is 10.1 Å². The fourth-order valence-corrected chi connectivity index (χ4v) is 3.32. The molecular weight excluding hydrogens is 334 g/mol. The third-order valence-electron chi connectivity index (χ3n) is 3.71. The van der Waals surface area contributed by atoms with Gasteiger partial charge in [-0.2, -0.15) is 5.10 Å². The van der Waals surface area contributed by atoms with Crippen LogP contribution in [0.5, 0.6) is 5.75 Å². The lowest BCUT2D eigenvalue weighted by Gasteiger charge is -2.06. The van der Waals surface area contributed by atoms with Crippen LogP contribution < -0.4 is 9.54 Å². The molecule has 3 rings (SSSR count). The smallest absolute Gasteiger partial charge is 0.206 e. The summed E-state index contributed by atoms with van der Waals surface area (Å²) < 4.78 is 12.8. The van der Waals surface area contributed by atoms with Gasteiger partial charge in [0.05, 0.1) is 12.8 Å². The van der Waals surface area contributed by atoms with E-state index < -0.39 is 0 Å². The number of aromatic nitrogens is 1. The molecule has 3 aromatic rings. The van der Waals surface area contributed by atoms with E-state index >= 15 is 0 Å². The standard InChI is InChI=1S/C19H21N3O2S/c1-5-20-19-22(21-14(3)18-11-6-13(2)24-18)17(12-25-19)15-7-9-16(23-4)10-8-15/h6-12H,5H2,1-4H3/b20-19?,21-14-. The minimum absolute atomic E-state index is 0.705. The van der Waals surface area contributed by atoms with Crippen LogP contribution in [0.3, 0.4) is 0 Å². The van der Waals surface area contributed by atoms with E-state index in [0.717, 1.165) is 39.0 Å². The van der Waals surface area contributed by atoms with Crippen molar-refractivity contribution >= 4 is 17.0 Å². The molecule has 1 aromatic carbocycles. The van der Waals surface area contributed by atoms with Crippen molar-refractivity contribution < 1.29 is 9.15 Å². The molecule has 0 amide bonds. The molecular formula is C19H21N3O2S. The number of benzene rings is 1. The molecule has 0 fully saturated rings. The molecule has 2 aromatic heterocycles. The Bertz CT molecular complexity index is 946. The van der Waals surface area contributed by atoms with Crippen molar-refractivity contribution in [2.75, 3.05) is 13.7 Å². The van der Waals surface area contributed by atoms with E-state index in [9.17, 15) is 0 Å². The quantitative estimate of drug-likeness (QED) is 0.640. The van der Waals surface area contributed by atoms with Crippen LogP contribution in [-0.2, 0) is 0 Å². The molecule has 0 saturated carbocycles. The molecule has 5 nitrogen and oxygen atoms in total. The first kappa shape index (κ1) is 17.2. The highest BCUT2D eigenvalue weighted by molar-refractivity contribution is 7.07. The zero-order valence-electron chi connectivity index (χ0n) is 14.8. The molecule has 0 aliphatic rings. The number of hydrogen-bond acceptors (Lipinski definition) is 5. The largest absolute Gasteiger partial charge is 0.497 e. The fourth-order valence-electron chi connectivity index (χ4n) is 2.43. The first-order valence-electron chi connectivity index (χ1n) is 8.10.